The van der Waals surface area contributed by atoms with E-state index in [9.17, 15) is 23.1 Å². The molecule has 2 bridgehead atoms. The topological polar surface area (TPSA) is 115 Å². The van der Waals surface area contributed by atoms with E-state index in [2.05, 4.69) is 4.90 Å². The van der Waals surface area contributed by atoms with Crippen molar-refractivity contribution in [1.29, 1.82) is 0 Å². The molecule has 5 heterocycles. The Morgan fingerprint density at radius 3 is 2.31 bits per heavy atom. The van der Waals surface area contributed by atoms with Crippen molar-refractivity contribution in [1.82, 2.24) is 19.7 Å². The molecule has 1 spiro atoms. The Labute approximate surface area is 239 Å². The van der Waals surface area contributed by atoms with Gasteiger partial charge >= 0.3 is 12.3 Å². The molecule has 4 fully saturated rings. The van der Waals surface area contributed by atoms with E-state index in [1.54, 1.807) is 12.1 Å². The van der Waals surface area contributed by atoms with Gasteiger partial charge in [0.2, 0.25) is 0 Å². The van der Waals surface area contributed by atoms with Crippen LogP contribution in [0.5, 0.6) is 0 Å². The number of anilines is 2. The first-order valence-electron chi connectivity index (χ1n) is 14.3. The first kappa shape index (κ1) is 27.3. The lowest BCUT2D eigenvalue weighted by molar-refractivity contribution is -0.181. The number of nitrogens with zero attached hydrogens (tertiary/aromatic N) is 6. The van der Waals surface area contributed by atoms with Crippen LogP contribution >= 0.6 is 0 Å². The van der Waals surface area contributed by atoms with Crippen LogP contribution in [0, 0.1) is 0 Å². The summed E-state index contributed by atoms with van der Waals surface area (Å²) in [6.45, 7) is 0.993. The van der Waals surface area contributed by atoms with Crippen molar-refractivity contribution in [2.75, 3.05) is 42.6 Å². The Hall–Kier alpha value is -3.49. The number of halogens is 3. The van der Waals surface area contributed by atoms with Crippen LogP contribution in [0.3, 0.4) is 0 Å². The molecule has 2 atom stereocenters. The molecular weight excluding hydrogens is 557 g/mol. The highest BCUT2D eigenvalue weighted by Gasteiger charge is 2.42. The Balaban J connectivity index is 1.25. The third kappa shape index (κ3) is 5.15. The van der Waals surface area contributed by atoms with Crippen molar-refractivity contribution in [3.8, 4) is 11.4 Å². The molecule has 7 rings (SSSR count). The number of amides is 1. The molecule has 2 unspecified atom stereocenters. The standard InChI is InChI=1S/C28H31F3N6O5/c29-28(30,31)16-36(26(38)39)18-3-1-17(2-4-18)23-33-24(35-14-20-5-6-21(15-35)42-20)22-13-32-37(25(22)34-23)19-7-9-27(10-8-19)40-11-12-41-27/h1-4,13,19-21H,5-12,14-16H2,(H,38,39). The van der Waals surface area contributed by atoms with Crippen molar-refractivity contribution >= 4 is 28.6 Å². The number of hydrogen-bond donors (Lipinski definition) is 1. The van der Waals surface area contributed by atoms with Gasteiger partial charge in [-0.3, -0.25) is 4.90 Å². The number of aromatic nitrogens is 4. The summed E-state index contributed by atoms with van der Waals surface area (Å²) in [5, 5.41) is 15.0. The fourth-order valence-electron chi connectivity index (χ4n) is 6.65. The molecule has 14 heteroatoms. The zero-order chi connectivity index (χ0) is 29.1. The second kappa shape index (κ2) is 10.3. The molecule has 1 N–H and O–H groups in total. The van der Waals surface area contributed by atoms with E-state index in [0.717, 1.165) is 49.7 Å². The van der Waals surface area contributed by atoms with Gasteiger partial charge < -0.3 is 24.2 Å². The molecule has 0 radical (unpaired) electrons. The fourth-order valence-corrected chi connectivity index (χ4v) is 6.65. The minimum atomic E-state index is -4.68. The van der Waals surface area contributed by atoms with Crippen molar-refractivity contribution in [3.05, 3.63) is 30.5 Å². The van der Waals surface area contributed by atoms with E-state index in [0.29, 0.717) is 43.3 Å². The first-order valence-corrected chi connectivity index (χ1v) is 14.3. The maximum atomic E-state index is 13.0. The highest BCUT2D eigenvalue weighted by molar-refractivity contribution is 5.89. The average Bonchev–Trinajstić information content (AvgIpc) is 3.70. The van der Waals surface area contributed by atoms with Gasteiger partial charge in [-0.1, -0.05) is 0 Å². The number of benzene rings is 1. The van der Waals surface area contributed by atoms with Crippen LogP contribution in [-0.4, -0.2) is 88.0 Å². The second-order valence-corrected chi connectivity index (χ2v) is 11.4. The van der Waals surface area contributed by atoms with Crippen molar-refractivity contribution in [2.45, 2.75) is 68.7 Å². The van der Waals surface area contributed by atoms with Gasteiger partial charge in [-0.15, -0.1) is 0 Å². The summed E-state index contributed by atoms with van der Waals surface area (Å²) in [4.78, 5) is 23.9. The van der Waals surface area contributed by atoms with E-state index >= 15 is 0 Å². The quantitative estimate of drug-likeness (QED) is 0.450. The zero-order valence-corrected chi connectivity index (χ0v) is 22.8. The second-order valence-electron chi connectivity index (χ2n) is 11.4. The predicted molar refractivity (Wildman–Crippen MR) is 144 cm³/mol. The van der Waals surface area contributed by atoms with Crippen molar-refractivity contribution in [3.63, 3.8) is 0 Å². The molecule has 2 aromatic heterocycles. The molecule has 3 saturated heterocycles. The van der Waals surface area contributed by atoms with Gasteiger partial charge in [0.1, 0.15) is 12.4 Å². The van der Waals surface area contributed by atoms with Crippen LogP contribution in [0.15, 0.2) is 30.5 Å². The van der Waals surface area contributed by atoms with E-state index < -0.39 is 24.6 Å². The number of rotatable bonds is 5. The maximum absolute atomic E-state index is 13.0. The largest absolute Gasteiger partial charge is 0.465 e. The van der Waals surface area contributed by atoms with Gasteiger partial charge in [-0.2, -0.15) is 18.3 Å². The highest BCUT2D eigenvalue weighted by Crippen LogP contribution is 2.42. The lowest BCUT2D eigenvalue weighted by atomic mass is 9.90. The van der Waals surface area contributed by atoms with Crippen molar-refractivity contribution in [2.24, 2.45) is 0 Å². The molecule has 42 heavy (non-hydrogen) atoms. The number of carbonyl (C=O) groups is 1. The Kier molecular flexibility index (Phi) is 6.74. The Bertz CT molecular complexity index is 1450. The summed E-state index contributed by atoms with van der Waals surface area (Å²) in [6.07, 6.45) is 0.836. The van der Waals surface area contributed by atoms with Crippen LogP contribution in [0.2, 0.25) is 0 Å². The Morgan fingerprint density at radius 1 is 1.02 bits per heavy atom. The molecule has 3 aliphatic heterocycles. The molecular formula is C28H31F3N6O5. The maximum Gasteiger partial charge on any atom is 0.412 e. The summed E-state index contributed by atoms with van der Waals surface area (Å²) in [5.41, 5.74) is 1.14. The van der Waals surface area contributed by atoms with E-state index in [1.807, 2.05) is 10.9 Å². The van der Waals surface area contributed by atoms with E-state index in [4.69, 9.17) is 29.3 Å². The molecule has 1 saturated carbocycles. The predicted octanol–water partition coefficient (Wildman–Crippen LogP) is 4.77. The Morgan fingerprint density at radius 2 is 1.69 bits per heavy atom. The lowest BCUT2D eigenvalue weighted by Gasteiger charge is -2.35. The van der Waals surface area contributed by atoms with Crippen LogP contribution < -0.4 is 9.80 Å². The van der Waals surface area contributed by atoms with Crippen LogP contribution in [-0.2, 0) is 14.2 Å². The van der Waals surface area contributed by atoms with Gasteiger partial charge in [0.15, 0.2) is 17.3 Å². The summed E-state index contributed by atoms with van der Waals surface area (Å²) in [6, 6.07) is 5.88. The molecule has 1 aliphatic carbocycles. The van der Waals surface area contributed by atoms with Gasteiger partial charge in [0.05, 0.1) is 43.0 Å². The van der Waals surface area contributed by atoms with E-state index in [-0.39, 0.29) is 28.8 Å². The van der Waals surface area contributed by atoms with Crippen LogP contribution in [0.4, 0.5) is 29.5 Å². The SMILES string of the molecule is O=C(O)N(CC(F)(F)F)c1ccc(-c2nc(N3CC4CCC(C3)O4)c3cnn(C4CCC5(CC4)OCCO5)c3n2)cc1. The van der Waals surface area contributed by atoms with Crippen LogP contribution in [0.25, 0.3) is 22.4 Å². The number of fused-ring (bicyclic) bond motifs is 3. The minimum Gasteiger partial charge on any atom is -0.465 e. The molecule has 1 aromatic carbocycles. The molecule has 4 aliphatic rings. The number of alkyl halides is 3. The average molecular weight is 589 g/mol. The normalized spacial score (nSPS) is 24.1. The number of morpholine rings is 1. The minimum absolute atomic E-state index is 0.0891. The fraction of sp³-hybridized carbons (Fsp3) is 0.571. The highest BCUT2D eigenvalue weighted by atomic mass is 19.4. The number of ether oxygens (including phenoxy) is 3. The van der Waals surface area contributed by atoms with Gasteiger partial charge in [-0.05, 0) is 49.9 Å². The summed E-state index contributed by atoms with van der Waals surface area (Å²) in [7, 11) is 0. The summed E-state index contributed by atoms with van der Waals surface area (Å²) < 4.78 is 58.8. The third-order valence-electron chi connectivity index (χ3n) is 8.66. The number of hydrogen-bond acceptors (Lipinski definition) is 8. The summed E-state index contributed by atoms with van der Waals surface area (Å²) >= 11 is 0. The van der Waals surface area contributed by atoms with Crippen LogP contribution in [0.1, 0.15) is 44.6 Å². The first-order chi connectivity index (χ1) is 20.2. The molecule has 3 aromatic rings. The molecule has 224 valence electrons. The van der Waals surface area contributed by atoms with Gasteiger partial charge in [0, 0.05) is 37.2 Å². The number of carboxylic acid groups (broad SMARTS) is 1. The smallest absolute Gasteiger partial charge is 0.412 e. The third-order valence-corrected chi connectivity index (χ3v) is 8.66. The molecule has 11 nitrogen and oxygen atoms in total. The van der Waals surface area contributed by atoms with Gasteiger partial charge in [-0.25, -0.2) is 19.4 Å². The lowest BCUT2D eigenvalue weighted by Crippen LogP contribution is -2.43. The van der Waals surface area contributed by atoms with E-state index in [1.165, 1.54) is 12.1 Å². The van der Waals surface area contributed by atoms with Gasteiger partial charge in [0.25, 0.3) is 0 Å². The summed E-state index contributed by atoms with van der Waals surface area (Å²) in [5.74, 6) is 0.622. The zero-order valence-electron chi connectivity index (χ0n) is 22.8. The van der Waals surface area contributed by atoms with Crippen molar-refractivity contribution < 1.29 is 37.3 Å². The monoisotopic (exact) mass is 588 g/mol. The molecule has 1 amide bonds.